The lowest BCUT2D eigenvalue weighted by Gasteiger charge is -2.30. The second-order valence-corrected chi connectivity index (χ2v) is 9.20. The van der Waals surface area contributed by atoms with E-state index in [4.69, 9.17) is 0 Å². The molecule has 3 rings (SSSR count). The van der Waals surface area contributed by atoms with E-state index in [9.17, 15) is 18.8 Å². The highest BCUT2D eigenvalue weighted by Crippen LogP contribution is 2.24. The lowest BCUT2D eigenvalue weighted by Crippen LogP contribution is -2.43. The number of carbonyl (C=O) groups excluding carboxylic acids is 1. The third-order valence-electron chi connectivity index (χ3n) is 5.29. The molecule has 0 fully saturated rings. The maximum atomic E-state index is 13.4. The zero-order valence-corrected chi connectivity index (χ0v) is 19.9. The predicted molar refractivity (Wildman–Crippen MR) is 124 cm³/mol. The van der Waals surface area contributed by atoms with Gasteiger partial charge >= 0.3 is 5.69 Å². The molecule has 0 radical (unpaired) electrons. The fourth-order valence-electron chi connectivity index (χ4n) is 3.83. The van der Waals surface area contributed by atoms with E-state index < -0.39 is 11.2 Å². The van der Waals surface area contributed by atoms with Crippen LogP contribution in [0.25, 0.3) is 11.2 Å². The molecule has 0 saturated carbocycles. The summed E-state index contributed by atoms with van der Waals surface area (Å²) < 4.78 is 17.4. The minimum Gasteiger partial charge on any atom is -0.337 e. The third kappa shape index (κ3) is 4.50. The van der Waals surface area contributed by atoms with E-state index >= 15 is 0 Å². The Balaban J connectivity index is 2.08. The fraction of sp³-hybridized carbons (Fsp3) is 0.455. The number of thioether (sulfide) groups is 1. The first-order chi connectivity index (χ1) is 15.0. The number of aromatic nitrogens is 4. The minimum atomic E-state index is -0.479. The first kappa shape index (κ1) is 23.8. The summed E-state index contributed by atoms with van der Waals surface area (Å²) in [7, 11) is 2.97. The molecule has 32 heavy (non-hydrogen) atoms. The van der Waals surface area contributed by atoms with Crippen molar-refractivity contribution in [2.24, 2.45) is 14.1 Å². The van der Waals surface area contributed by atoms with Crippen molar-refractivity contribution in [2.45, 2.75) is 51.5 Å². The van der Waals surface area contributed by atoms with Gasteiger partial charge in [-0.15, -0.1) is 0 Å². The number of carbonyl (C=O) groups is 1. The Morgan fingerprint density at radius 1 is 1.06 bits per heavy atom. The monoisotopic (exact) mass is 461 g/mol. The van der Waals surface area contributed by atoms with Crippen molar-refractivity contribution in [1.29, 1.82) is 0 Å². The van der Waals surface area contributed by atoms with E-state index in [1.54, 1.807) is 28.6 Å². The average Bonchev–Trinajstić information content (AvgIpc) is 3.08. The summed E-state index contributed by atoms with van der Waals surface area (Å²) in [6.07, 6.45) is 0. The van der Waals surface area contributed by atoms with Gasteiger partial charge in [0.15, 0.2) is 16.3 Å². The maximum absolute atomic E-state index is 13.4. The van der Waals surface area contributed by atoms with Crippen molar-refractivity contribution in [2.75, 3.05) is 5.75 Å². The standard InChI is InChI=1S/C22H28FN5O3S/c1-13(2)28(14(3)4)17(29)12-32-21-24-19-18(20(30)26(6)22(31)25(19)5)27(21)11-15-7-9-16(23)10-8-15/h7-10,13-14H,11-12H2,1-6H3. The summed E-state index contributed by atoms with van der Waals surface area (Å²) in [6.45, 7) is 8.11. The Hall–Kier alpha value is -2.88. The molecular formula is C22H28FN5O3S. The lowest BCUT2D eigenvalue weighted by molar-refractivity contribution is -0.131. The van der Waals surface area contributed by atoms with Gasteiger partial charge in [0.2, 0.25) is 5.91 Å². The summed E-state index contributed by atoms with van der Waals surface area (Å²) in [5.74, 6) is -0.260. The number of halogens is 1. The van der Waals surface area contributed by atoms with Gasteiger partial charge in [0.05, 0.1) is 12.3 Å². The van der Waals surface area contributed by atoms with E-state index in [0.29, 0.717) is 5.16 Å². The van der Waals surface area contributed by atoms with E-state index in [2.05, 4.69) is 4.98 Å². The van der Waals surface area contributed by atoms with Crippen molar-refractivity contribution in [1.82, 2.24) is 23.6 Å². The van der Waals surface area contributed by atoms with E-state index in [1.165, 1.54) is 35.5 Å². The van der Waals surface area contributed by atoms with Crippen molar-refractivity contribution in [3.8, 4) is 0 Å². The molecule has 0 aliphatic carbocycles. The first-order valence-electron chi connectivity index (χ1n) is 10.4. The zero-order chi connectivity index (χ0) is 23.7. The number of rotatable bonds is 7. The highest BCUT2D eigenvalue weighted by Gasteiger charge is 2.23. The Morgan fingerprint density at radius 2 is 1.66 bits per heavy atom. The van der Waals surface area contributed by atoms with E-state index in [1.807, 2.05) is 27.7 Å². The van der Waals surface area contributed by atoms with Crippen LogP contribution in [0.4, 0.5) is 4.39 Å². The van der Waals surface area contributed by atoms with Crippen molar-refractivity contribution in [3.63, 3.8) is 0 Å². The van der Waals surface area contributed by atoms with Crippen molar-refractivity contribution >= 4 is 28.8 Å². The van der Waals surface area contributed by atoms with Crippen LogP contribution in [-0.2, 0) is 25.4 Å². The van der Waals surface area contributed by atoms with Crippen LogP contribution in [0.15, 0.2) is 39.0 Å². The largest absolute Gasteiger partial charge is 0.337 e. The van der Waals surface area contributed by atoms with Gasteiger partial charge in [-0.25, -0.2) is 14.2 Å². The number of aryl methyl sites for hydroxylation is 1. The van der Waals surface area contributed by atoms with Crippen LogP contribution in [0.5, 0.6) is 0 Å². The average molecular weight is 462 g/mol. The molecule has 3 aromatic rings. The number of amides is 1. The normalized spacial score (nSPS) is 11.7. The number of hydrogen-bond acceptors (Lipinski definition) is 5. The van der Waals surface area contributed by atoms with Crippen LogP contribution in [0.2, 0.25) is 0 Å². The van der Waals surface area contributed by atoms with Crippen LogP contribution < -0.4 is 11.2 Å². The van der Waals surface area contributed by atoms with Crippen molar-refractivity contribution < 1.29 is 9.18 Å². The molecule has 172 valence electrons. The molecule has 1 aromatic carbocycles. The third-order valence-corrected chi connectivity index (χ3v) is 6.25. The maximum Gasteiger partial charge on any atom is 0.332 e. The Kier molecular flexibility index (Phi) is 6.92. The number of fused-ring (bicyclic) bond motifs is 1. The number of benzene rings is 1. The molecule has 0 spiro atoms. The van der Waals surface area contributed by atoms with Gasteiger partial charge in [-0.05, 0) is 45.4 Å². The molecule has 10 heteroatoms. The Labute approximate surface area is 189 Å². The quantitative estimate of drug-likeness (QED) is 0.505. The van der Waals surface area contributed by atoms with Gasteiger partial charge in [-0.1, -0.05) is 23.9 Å². The summed E-state index contributed by atoms with van der Waals surface area (Å²) >= 11 is 1.22. The molecule has 2 heterocycles. The predicted octanol–water partition coefficient (Wildman–Crippen LogP) is 2.36. The molecule has 0 atom stereocenters. The fourth-order valence-corrected chi connectivity index (χ4v) is 4.69. The molecule has 8 nitrogen and oxygen atoms in total. The molecular weight excluding hydrogens is 433 g/mol. The zero-order valence-electron chi connectivity index (χ0n) is 19.1. The summed E-state index contributed by atoms with van der Waals surface area (Å²) in [6, 6.07) is 6.06. The topological polar surface area (TPSA) is 82.1 Å². The van der Waals surface area contributed by atoms with Crippen LogP contribution >= 0.6 is 11.8 Å². The van der Waals surface area contributed by atoms with Crippen LogP contribution in [-0.4, -0.2) is 47.3 Å². The number of hydrogen-bond donors (Lipinski definition) is 0. The minimum absolute atomic E-state index is 0.0396. The highest BCUT2D eigenvalue weighted by molar-refractivity contribution is 7.99. The smallest absolute Gasteiger partial charge is 0.332 e. The molecule has 2 aromatic heterocycles. The van der Waals surface area contributed by atoms with Crippen LogP contribution in [0, 0.1) is 5.82 Å². The van der Waals surface area contributed by atoms with Gasteiger partial charge in [0.1, 0.15) is 5.82 Å². The first-order valence-corrected chi connectivity index (χ1v) is 11.4. The van der Waals surface area contributed by atoms with Gasteiger partial charge in [0.25, 0.3) is 5.56 Å². The second-order valence-electron chi connectivity index (χ2n) is 8.26. The van der Waals surface area contributed by atoms with Crippen molar-refractivity contribution in [3.05, 3.63) is 56.5 Å². The highest BCUT2D eigenvalue weighted by atomic mass is 32.2. The summed E-state index contributed by atoms with van der Waals surface area (Å²) in [5.41, 5.74) is 0.327. The summed E-state index contributed by atoms with van der Waals surface area (Å²) in [5, 5.41) is 0.448. The lowest BCUT2D eigenvalue weighted by atomic mass is 10.2. The molecule has 0 N–H and O–H groups in total. The number of nitrogens with zero attached hydrogens (tertiary/aromatic N) is 5. The van der Waals surface area contributed by atoms with Crippen LogP contribution in [0.1, 0.15) is 33.3 Å². The molecule has 0 aliphatic heterocycles. The van der Waals surface area contributed by atoms with E-state index in [0.717, 1.165) is 10.1 Å². The molecule has 0 unspecified atom stereocenters. The molecule has 0 aliphatic rings. The van der Waals surface area contributed by atoms with Gasteiger partial charge < -0.3 is 9.47 Å². The van der Waals surface area contributed by atoms with Gasteiger partial charge in [-0.2, -0.15) is 0 Å². The second kappa shape index (κ2) is 9.32. The van der Waals surface area contributed by atoms with Gasteiger partial charge in [-0.3, -0.25) is 18.7 Å². The summed E-state index contributed by atoms with van der Waals surface area (Å²) in [4.78, 5) is 44.6. The van der Waals surface area contributed by atoms with E-state index in [-0.39, 0.29) is 47.3 Å². The number of imidazole rings is 1. The molecule has 0 saturated heterocycles. The molecule has 1 amide bonds. The SMILES string of the molecule is CC(C)N(C(=O)CSc1nc2c(c(=O)n(C)c(=O)n2C)n1Cc1ccc(F)cc1)C(C)C. The molecule has 0 bridgehead atoms. The van der Waals surface area contributed by atoms with Crippen LogP contribution in [0.3, 0.4) is 0 Å². The Bertz CT molecular complexity index is 1250. The Morgan fingerprint density at radius 3 is 2.22 bits per heavy atom. The van der Waals surface area contributed by atoms with Gasteiger partial charge in [0, 0.05) is 26.2 Å².